The Morgan fingerprint density at radius 1 is 1.35 bits per heavy atom. The van der Waals surface area contributed by atoms with E-state index in [9.17, 15) is 4.79 Å². The van der Waals surface area contributed by atoms with Gasteiger partial charge in [-0.15, -0.1) is 0 Å². The van der Waals surface area contributed by atoms with Gasteiger partial charge < -0.3 is 10.6 Å². The van der Waals surface area contributed by atoms with Gasteiger partial charge in [-0.25, -0.2) is 9.97 Å². The van der Waals surface area contributed by atoms with Gasteiger partial charge in [0.15, 0.2) is 11.0 Å². The number of hydrogen-bond donors (Lipinski definition) is 2. The highest BCUT2D eigenvalue weighted by Crippen LogP contribution is 2.26. The molecule has 5 nitrogen and oxygen atoms in total. The van der Waals surface area contributed by atoms with Crippen molar-refractivity contribution in [3.63, 3.8) is 0 Å². The standard InChI is InChI=1S/C10H12Cl2N4O/c11-7-8(12)14-5-15-9(7)16-10(17)6-1-3-13-4-2-6/h5-6,13H,1-4H2,(H,14,15,16,17). The smallest absolute Gasteiger partial charge is 0.228 e. The van der Waals surface area contributed by atoms with Gasteiger partial charge in [0.2, 0.25) is 5.91 Å². The largest absolute Gasteiger partial charge is 0.317 e. The van der Waals surface area contributed by atoms with Crippen LogP contribution in [0.4, 0.5) is 5.82 Å². The van der Waals surface area contributed by atoms with Crippen LogP contribution in [0.25, 0.3) is 0 Å². The number of rotatable bonds is 2. The summed E-state index contributed by atoms with van der Waals surface area (Å²) in [6.45, 7) is 1.71. The van der Waals surface area contributed by atoms with Gasteiger partial charge in [-0.3, -0.25) is 4.79 Å². The molecule has 1 aromatic heterocycles. The molecule has 1 fully saturated rings. The fraction of sp³-hybridized carbons (Fsp3) is 0.500. The molecule has 0 bridgehead atoms. The summed E-state index contributed by atoms with van der Waals surface area (Å²) < 4.78 is 0. The maximum Gasteiger partial charge on any atom is 0.228 e. The first-order valence-electron chi connectivity index (χ1n) is 5.36. The van der Waals surface area contributed by atoms with Crippen LogP contribution >= 0.6 is 23.2 Å². The van der Waals surface area contributed by atoms with Gasteiger partial charge in [0.25, 0.3) is 0 Å². The molecule has 7 heteroatoms. The van der Waals surface area contributed by atoms with Crippen molar-refractivity contribution < 1.29 is 4.79 Å². The normalized spacial score (nSPS) is 16.8. The molecule has 1 saturated heterocycles. The molecule has 0 aromatic carbocycles. The highest BCUT2D eigenvalue weighted by atomic mass is 35.5. The van der Waals surface area contributed by atoms with Crippen molar-refractivity contribution in [1.82, 2.24) is 15.3 Å². The van der Waals surface area contributed by atoms with E-state index in [0.29, 0.717) is 0 Å². The minimum Gasteiger partial charge on any atom is -0.317 e. The van der Waals surface area contributed by atoms with Crippen LogP contribution in [-0.4, -0.2) is 29.0 Å². The second-order valence-electron chi connectivity index (χ2n) is 3.84. The van der Waals surface area contributed by atoms with E-state index in [2.05, 4.69) is 20.6 Å². The minimum atomic E-state index is -0.0665. The number of piperidine rings is 1. The molecule has 2 rings (SSSR count). The molecule has 0 unspecified atom stereocenters. The van der Waals surface area contributed by atoms with Crippen LogP contribution in [0.3, 0.4) is 0 Å². The molecule has 17 heavy (non-hydrogen) atoms. The molecule has 0 atom stereocenters. The summed E-state index contributed by atoms with van der Waals surface area (Å²) in [5.41, 5.74) is 0. The molecule has 0 spiro atoms. The van der Waals surface area contributed by atoms with Crippen molar-refractivity contribution in [2.24, 2.45) is 5.92 Å². The van der Waals surface area contributed by atoms with Crippen LogP contribution in [0.15, 0.2) is 6.33 Å². The van der Waals surface area contributed by atoms with Crippen LogP contribution in [-0.2, 0) is 4.79 Å². The Hall–Kier alpha value is -0.910. The molecule has 2 heterocycles. The number of hydrogen-bond acceptors (Lipinski definition) is 4. The number of carbonyl (C=O) groups excluding carboxylic acids is 1. The van der Waals surface area contributed by atoms with E-state index in [1.54, 1.807) is 0 Å². The fourth-order valence-corrected chi connectivity index (χ4v) is 2.02. The lowest BCUT2D eigenvalue weighted by molar-refractivity contribution is -0.120. The molecule has 0 radical (unpaired) electrons. The molecule has 92 valence electrons. The van der Waals surface area contributed by atoms with Crippen LogP contribution in [0.1, 0.15) is 12.8 Å². The van der Waals surface area contributed by atoms with Crippen molar-refractivity contribution in [2.45, 2.75) is 12.8 Å². The summed E-state index contributed by atoms with van der Waals surface area (Å²) in [6, 6.07) is 0. The molecule has 1 amide bonds. The zero-order valence-corrected chi connectivity index (χ0v) is 10.6. The van der Waals surface area contributed by atoms with Gasteiger partial charge in [-0.2, -0.15) is 0 Å². The van der Waals surface area contributed by atoms with Gasteiger partial charge >= 0.3 is 0 Å². The Balaban J connectivity index is 2.04. The fourth-order valence-electron chi connectivity index (χ4n) is 1.74. The Bertz CT molecular complexity index is 421. The first-order chi connectivity index (χ1) is 8.18. The first-order valence-corrected chi connectivity index (χ1v) is 6.11. The van der Waals surface area contributed by atoms with Crippen LogP contribution < -0.4 is 10.6 Å². The number of anilines is 1. The zero-order valence-electron chi connectivity index (χ0n) is 9.04. The lowest BCUT2D eigenvalue weighted by Gasteiger charge is -2.21. The van der Waals surface area contributed by atoms with E-state index in [0.717, 1.165) is 25.9 Å². The first kappa shape index (κ1) is 12.5. The van der Waals surface area contributed by atoms with E-state index < -0.39 is 0 Å². The Morgan fingerprint density at radius 2 is 2.06 bits per heavy atom. The number of amides is 1. The quantitative estimate of drug-likeness (QED) is 0.806. The van der Waals surface area contributed by atoms with Crippen molar-refractivity contribution in [2.75, 3.05) is 18.4 Å². The van der Waals surface area contributed by atoms with Gasteiger partial charge in [0.05, 0.1) is 0 Å². The second kappa shape index (κ2) is 5.62. The molecule has 1 aromatic rings. The topological polar surface area (TPSA) is 66.9 Å². The van der Waals surface area contributed by atoms with E-state index >= 15 is 0 Å². The predicted molar refractivity (Wildman–Crippen MR) is 66.3 cm³/mol. The number of halogens is 2. The second-order valence-corrected chi connectivity index (χ2v) is 4.58. The third-order valence-electron chi connectivity index (χ3n) is 2.70. The zero-order chi connectivity index (χ0) is 12.3. The molecule has 1 aliphatic heterocycles. The van der Waals surface area contributed by atoms with Crippen LogP contribution in [0, 0.1) is 5.92 Å². The summed E-state index contributed by atoms with van der Waals surface area (Å²) in [5, 5.41) is 6.21. The van der Waals surface area contributed by atoms with Crippen LogP contribution in [0.5, 0.6) is 0 Å². The van der Waals surface area contributed by atoms with Crippen molar-refractivity contribution in [1.29, 1.82) is 0 Å². The molecular formula is C10H12Cl2N4O. The third-order valence-corrected chi connectivity index (χ3v) is 3.44. The third kappa shape index (κ3) is 3.06. The summed E-state index contributed by atoms with van der Waals surface area (Å²) in [7, 11) is 0. The summed E-state index contributed by atoms with van der Waals surface area (Å²) in [5.74, 6) is 0.208. The number of nitrogens with one attached hydrogen (secondary N) is 2. The van der Waals surface area contributed by atoms with Crippen LogP contribution in [0.2, 0.25) is 10.2 Å². The molecule has 2 N–H and O–H groups in total. The van der Waals surface area contributed by atoms with Gasteiger partial charge in [-0.1, -0.05) is 23.2 Å². The van der Waals surface area contributed by atoms with Crippen molar-refractivity contribution in [3.8, 4) is 0 Å². The lowest BCUT2D eigenvalue weighted by Crippen LogP contribution is -2.34. The van der Waals surface area contributed by atoms with Gasteiger partial charge in [-0.05, 0) is 25.9 Å². The Morgan fingerprint density at radius 3 is 2.76 bits per heavy atom. The summed E-state index contributed by atoms with van der Waals surface area (Å²) >= 11 is 11.6. The summed E-state index contributed by atoms with van der Waals surface area (Å²) in [4.78, 5) is 19.5. The predicted octanol–water partition coefficient (Wildman–Crippen LogP) is 1.72. The SMILES string of the molecule is O=C(Nc1ncnc(Cl)c1Cl)C1CCNCC1. The van der Waals surface area contributed by atoms with E-state index in [4.69, 9.17) is 23.2 Å². The lowest BCUT2D eigenvalue weighted by atomic mass is 9.97. The number of carbonyl (C=O) groups is 1. The van der Waals surface area contributed by atoms with E-state index in [-0.39, 0.29) is 27.8 Å². The molecule has 1 aliphatic rings. The van der Waals surface area contributed by atoms with Gasteiger partial charge in [0, 0.05) is 5.92 Å². The maximum atomic E-state index is 11.9. The monoisotopic (exact) mass is 274 g/mol. The highest BCUT2D eigenvalue weighted by Gasteiger charge is 2.22. The molecular weight excluding hydrogens is 263 g/mol. The Labute approximate surface area is 109 Å². The van der Waals surface area contributed by atoms with Crippen molar-refractivity contribution >= 4 is 34.9 Å². The number of nitrogens with zero attached hydrogens (tertiary/aromatic N) is 2. The van der Waals surface area contributed by atoms with E-state index in [1.807, 2.05) is 0 Å². The Kier molecular flexibility index (Phi) is 4.15. The average molecular weight is 275 g/mol. The van der Waals surface area contributed by atoms with Gasteiger partial charge in [0.1, 0.15) is 11.3 Å². The maximum absolute atomic E-state index is 11.9. The summed E-state index contributed by atoms with van der Waals surface area (Å²) in [6.07, 6.45) is 2.91. The average Bonchev–Trinajstić information content (AvgIpc) is 2.36. The number of aromatic nitrogens is 2. The van der Waals surface area contributed by atoms with E-state index in [1.165, 1.54) is 6.33 Å². The highest BCUT2D eigenvalue weighted by molar-refractivity contribution is 6.42. The molecule has 0 saturated carbocycles. The van der Waals surface area contributed by atoms with Crippen molar-refractivity contribution in [3.05, 3.63) is 16.5 Å². The minimum absolute atomic E-state index is 0.000979. The molecule has 0 aliphatic carbocycles.